The molecule has 0 aromatic heterocycles. The van der Waals surface area contributed by atoms with E-state index in [1.807, 2.05) is 13.8 Å². The van der Waals surface area contributed by atoms with Gasteiger partial charge >= 0.3 is 5.97 Å². The highest BCUT2D eigenvalue weighted by Gasteiger charge is 2.14. The molecule has 0 aliphatic carbocycles. The molecule has 16 heavy (non-hydrogen) atoms. The maximum absolute atomic E-state index is 10.8. The third-order valence-corrected chi connectivity index (χ3v) is 2.39. The van der Waals surface area contributed by atoms with Crippen molar-refractivity contribution in [2.45, 2.75) is 26.3 Å². The van der Waals surface area contributed by atoms with E-state index in [-0.39, 0.29) is 0 Å². The first-order chi connectivity index (χ1) is 7.58. The van der Waals surface area contributed by atoms with Crippen molar-refractivity contribution in [1.29, 1.82) is 5.26 Å². The molecule has 0 saturated heterocycles. The first kappa shape index (κ1) is 12.1. The standard InChI is InChI=1S/C12H14N2O2/c1-3-11(12(15)16)14-10-5-4-9(7-13)8(2)6-10/h4-6,11,14H,3H2,1-2H3,(H,15,16). The van der Waals surface area contributed by atoms with E-state index in [4.69, 9.17) is 10.4 Å². The first-order valence-corrected chi connectivity index (χ1v) is 5.08. The number of nitrogens with zero attached hydrogens (tertiary/aromatic N) is 1. The van der Waals surface area contributed by atoms with Gasteiger partial charge in [0.2, 0.25) is 0 Å². The molecular weight excluding hydrogens is 204 g/mol. The SMILES string of the molecule is CCC(Nc1ccc(C#N)c(C)c1)C(=O)O. The van der Waals surface area contributed by atoms with Crippen molar-refractivity contribution in [3.05, 3.63) is 29.3 Å². The summed E-state index contributed by atoms with van der Waals surface area (Å²) in [6.45, 7) is 3.63. The van der Waals surface area contributed by atoms with Gasteiger partial charge in [0.05, 0.1) is 11.6 Å². The predicted octanol–water partition coefficient (Wildman–Crippen LogP) is 2.14. The summed E-state index contributed by atoms with van der Waals surface area (Å²) in [6.07, 6.45) is 0.508. The third-order valence-electron chi connectivity index (χ3n) is 2.39. The number of nitrogens with one attached hydrogen (secondary N) is 1. The summed E-state index contributed by atoms with van der Waals surface area (Å²) in [5.74, 6) is -0.871. The molecule has 0 aliphatic rings. The number of aryl methyl sites for hydroxylation is 1. The van der Waals surface area contributed by atoms with Gasteiger partial charge in [-0.15, -0.1) is 0 Å². The molecule has 4 heteroatoms. The van der Waals surface area contributed by atoms with E-state index in [2.05, 4.69) is 11.4 Å². The number of nitriles is 1. The lowest BCUT2D eigenvalue weighted by Gasteiger charge is -2.14. The summed E-state index contributed by atoms with van der Waals surface area (Å²) in [7, 11) is 0. The minimum absolute atomic E-state index is 0.508. The maximum Gasteiger partial charge on any atom is 0.326 e. The molecule has 0 spiro atoms. The van der Waals surface area contributed by atoms with Crippen molar-refractivity contribution in [3.8, 4) is 6.07 Å². The zero-order valence-electron chi connectivity index (χ0n) is 9.32. The number of aliphatic carboxylic acids is 1. The van der Waals surface area contributed by atoms with Crippen molar-refractivity contribution in [2.24, 2.45) is 0 Å². The molecule has 0 radical (unpaired) electrons. The summed E-state index contributed by atoms with van der Waals surface area (Å²) in [6, 6.07) is 6.67. The van der Waals surface area contributed by atoms with Gasteiger partial charge in [0.25, 0.3) is 0 Å². The van der Waals surface area contributed by atoms with Gasteiger partial charge in [-0.2, -0.15) is 5.26 Å². The number of anilines is 1. The van der Waals surface area contributed by atoms with Crippen LogP contribution in [0.5, 0.6) is 0 Å². The summed E-state index contributed by atoms with van der Waals surface area (Å²) in [4.78, 5) is 10.8. The predicted molar refractivity (Wildman–Crippen MR) is 61.2 cm³/mol. The van der Waals surface area contributed by atoms with Gasteiger partial charge in [-0.3, -0.25) is 0 Å². The molecule has 1 rings (SSSR count). The Hall–Kier alpha value is -2.02. The van der Waals surface area contributed by atoms with Gasteiger partial charge in [-0.1, -0.05) is 6.92 Å². The van der Waals surface area contributed by atoms with Gasteiger partial charge in [-0.05, 0) is 37.1 Å². The summed E-state index contributed by atoms with van der Waals surface area (Å²) in [5, 5.41) is 20.6. The van der Waals surface area contributed by atoms with Gasteiger partial charge in [0.1, 0.15) is 6.04 Å². The smallest absolute Gasteiger partial charge is 0.326 e. The Labute approximate surface area is 94.5 Å². The fourth-order valence-corrected chi connectivity index (χ4v) is 1.42. The lowest BCUT2D eigenvalue weighted by Crippen LogP contribution is -2.28. The van der Waals surface area contributed by atoms with Crippen molar-refractivity contribution in [3.63, 3.8) is 0 Å². The van der Waals surface area contributed by atoms with E-state index in [1.54, 1.807) is 18.2 Å². The second-order valence-electron chi connectivity index (χ2n) is 3.58. The average molecular weight is 218 g/mol. The lowest BCUT2D eigenvalue weighted by atomic mass is 10.1. The number of hydrogen-bond acceptors (Lipinski definition) is 3. The van der Waals surface area contributed by atoms with Crippen molar-refractivity contribution in [2.75, 3.05) is 5.32 Å². The monoisotopic (exact) mass is 218 g/mol. The molecule has 2 N–H and O–H groups in total. The average Bonchev–Trinajstić information content (AvgIpc) is 2.25. The van der Waals surface area contributed by atoms with Crippen LogP contribution in [-0.2, 0) is 4.79 Å². The van der Waals surface area contributed by atoms with Crippen LogP contribution in [0.25, 0.3) is 0 Å². The van der Waals surface area contributed by atoms with E-state index in [9.17, 15) is 4.79 Å². The molecule has 0 aliphatic heterocycles. The zero-order chi connectivity index (χ0) is 12.1. The molecule has 4 nitrogen and oxygen atoms in total. The highest BCUT2D eigenvalue weighted by atomic mass is 16.4. The lowest BCUT2D eigenvalue weighted by molar-refractivity contribution is -0.137. The van der Waals surface area contributed by atoms with Crippen molar-refractivity contribution in [1.82, 2.24) is 0 Å². The number of rotatable bonds is 4. The fourth-order valence-electron chi connectivity index (χ4n) is 1.42. The van der Waals surface area contributed by atoms with Gasteiger partial charge in [0.15, 0.2) is 0 Å². The first-order valence-electron chi connectivity index (χ1n) is 5.08. The molecule has 0 bridgehead atoms. The topological polar surface area (TPSA) is 73.1 Å². The van der Waals surface area contributed by atoms with Crippen LogP contribution in [0.1, 0.15) is 24.5 Å². The van der Waals surface area contributed by atoms with Crippen LogP contribution in [0.2, 0.25) is 0 Å². The van der Waals surface area contributed by atoms with Crippen LogP contribution in [-0.4, -0.2) is 17.1 Å². The third kappa shape index (κ3) is 2.74. The molecule has 0 saturated carbocycles. The zero-order valence-corrected chi connectivity index (χ0v) is 9.32. The van der Waals surface area contributed by atoms with Gasteiger partial charge in [-0.25, -0.2) is 4.79 Å². The Morgan fingerprint density at radius 3 is 2.75 bits per heavy atom. The highest BCUT2D eigenvalue weighted by Crippen LogP contribution is 2.15. The van der Waals surface area contributed by atoms with Crippen LogP contribution >= 0.6 is 0 Å². The largest absolute Gasteiger partial charge is 0.480 e. The Bertz CT molecular complexity index is 435. The molecule has 0 fully saturated rings. The number of carboxylic acids is 1. The molecular formula is C12H14N2O2. The summed E-state index contributed by atoms with van der Waals surface area (Å²) in [5.41, 5.74) is 2.17. The molecule has 84 valence electrons. The second kappa shape index (κ2) is 5.17. The van der Waals surface area contributed by atoms with Crippen LogP contribution in [0, 0.1) is 18.3 Å². The number of hydrogen-bond donors (Lipinski definition) is 2. The maximum atomic E-state index is 10.8. The molecule has 1 aromatic rings. The number of benzene rings is 1. The molecule has 0 amide bonds. The molecule has 1 aromatic carbocycles. The van der Waals surface area contributed by atoms with E-state index >= 15 is 0 Å². The van der Waals surface area contributed by atoms with E-state index in [0.29, 0.717) is 12.0 Å². The quantitative estimate of drug-likeness (QED) is 0.812. The molecule has 0 heterocycles. The molecule has 1 atom stereocenters. The highest BCUT2D eigenvalue weighted by molar-refractivity contribution is 5.77. The second-order valence-corrected chi connectivity index (χ2v) is 3.58. The van der Waals surface area contributed by atoms with Gasteiger partial charge < -0.3 is 10.4 Å². The minimum Gasteiger partial charge on any atom is -0.480 e. The van der Waals surface area contributed by atoms with Crippen LogP contribution in [0.4, 0.5) is 5.69 Å². The van der Waals surface area contributed by atoms with Crippen LogP contribution < -0.4 is 5.32 Å². The minimum atomic E-state index is -0.871. The fraction of sp³-hybridized carbons (Fsp3) is 0.333. The Kier molecular flexibility index (Phi) is 3.90. The summed E-state index contributed by atoms with van der Waals surface area (Å²) >= 11 is 0. The van der Waals surface area contributed by atoms with Crippen LogP contribution in [0.15, 0.2) is 18.2 Å². The van der Waals surface area contributed by atoms with Crippen LogP contribution in [0.3, 0.4) is 0 Å². The van der Waals surface area contributed by atoms with E-state index in [1.165, 1.54) is 0 Å². The summed E-state index contributed by atoms with van der Waals surface area (Å²) < 4.78 is 0. The Balaban J connectivity index is 2.87. The van der Waals surface area contributed by atoms with Crippen molar-refractivity contribution >= 4 is 11.7 Å². The number of carbonyl (C=O) groups is 1. The molecule has 1 unspecified atom stereocenters. The normalized spacial score (nSPS) is 11.6. The van der Waals surface area contributed by atoms with Gasteiger partial charge in [0, 0.05) is 5.69 Å². The van der Waals surface area contributed by atoms with E-state index in [0.717, 1.165) is 11.3 Å². The number of carboxylic acid groups (broad SMARTS) is 1. The Morgan fingerprint density at radius 2 is 2.31 bits per heavy atom. The van der Waals surface area contributed by atoms with Crippen molar-refractivity contribution < 1.29 is 9.90 Å². The Morgan fingerprint density at radius 1 is 1.62 bits per heavy atom. The van der Waals surface area contributed by atoms with E-state index < -0.39 is 12.0 Å².